The Balaban J connectivity index is 1.51. The molecule has 4 nitrogen and oxygen atoms in total. The Morgan fingerprint density at radius 3 is 2.70 bits per heavy atom. The molecule has 1 aliphatic heterocycles. The third-order valence-corrected chi connectivity index (χ3v) is 4.91. The zero-order valence-corrected chi connectivity index (χ0v) is 15.6. The van der Waals surface area contributed by atoms with Crippen molar-refractivity contribution >= 4 is 17.3 Å². The summed E-state index contributed by atoms with van der Waals surface area (Å²) < 4.78 is 13.0. The average Bonchev–Trinajstić information content (AvgIpc) is 2.98. The first-order valence-electron chi connectivity index (χ1n) is 9.31. The fourth-order valence-electron chi connectivity index (χ4n) is 3.67. The molecule has 5 heteroatoms. The molecule has 1 atom stereocenters. The summed E-state index contributed by atoms with van der Waals surface area (Å²) in [5.74, 6) is 2.27. The van der Waals surface area contributed by atoms with Gasteiger partial charge < -0.3 is 10.2 Å². The van der Waals surface area contributed by atoms with E-state index in [2.05, 4.69) is 51.4 Å². The second kappa shape index (κ2) is 7.35. The molecular weight excluding hydrogens is 339 g/mol. The highest BCUT2D eigenvalue weighted by Gasteiger charge is 2.28. The average molecular weight is 362 g/mol. The lowest BCUT2D eigenvalue weighted by atomic mass is 10.1. The first-order valence-corrected chi connectivity index (χ1v) is 9.31. The summed E-state index contributed by atoms with van der Waals surface area (Å²) in [6, 6.07) is 17.5. The topological polar surface area (TPSA) is 41.1 Å². The van der Waals surface area contributed by atoms with Crippen molar-refractivity contribution in [2.75, 3.05) is 16.8 Å². The zero-order valence-electron chi connectivity index (χ0n) is 15.6. The molecule has 0 fully saturated rings. The number of aromatic nitrogens is 2. The van der Waals surface area contributed by atoms with Crippen LogP contribution in [0.5, 0.6) is 0 Å². The second-order valence-corrected chi connectivity index (χ2v) is 7.01. The molecule has 0 saturated heterocycles. The summed E-state index contributed by atoms with van der Waals surface area (Å²) in [4.78, 5) is 11.5. The highest BCUT2D eigenvalue weighted by Crippen LogP contribution is 2.37. The van der Waals surface area contributed by atoms with Crippen molar-refractivity contribution < 1.29 is 4.39 Å². The van der Waals surface area contributed by atoms with Gasteiger partial charge in [0.25, 0.3) is 0 Å². The quantitative estimate of drug-likeness (QED) is 0.717. The first-order chi connectivity index (χ1) is 13.1. The fourth-order valence-corrected chi connectivity index (χ4v) is 3.67. The lowest BCUT2D eigenvalue weighted by Gasteiger charge is -2.24. The van der Waals surface area contributed by atoms with E-state index in [4.69, 9.17) is 0 Å². The normalized spacial score (nSPS) is 15.7. The number of benzene rings is 2. The first kappa shape index (κ1) is 17.5. The van der Waals surface area contributed by atoms with Crippen molar-refractivity contribution in [2.45, 2.75) is 32.7 Å². The van der Waals surface area contributed by atoms with Gasteiger partial charge in [-0.15, -0.1) is 0 Å². The summed E-state index contributed by atoms with van der Waals surface area (Å²) in [5, 5.41) is 3.38. The Hall–Kier alpha value is -2.95. The Morgan fingerprint density at radius 2 is 1.89 bits per heavy atom. The Morgan fingerprint density at radius 1 is 1.11 bits per heavy atom. The van der Waals surface area contributed by atoms with Crippen molar-refractivity contribution in [1.82, 2.24) is 9.97 Å². The van der Waals surface area contributed by atoms with Crippen molar-refractivity contribution in [3.63, 3.8) is 0 Å². The van der Waals surface area contributed by atoms with Crippen LogP contribution in [0.3, 0.4) is 0 Å². The smallest absolute Gasteiger partial charge is 0.139 e. The van der Waals surface area contributed by atoms with E-state index in [9.17, 15) is 4.39 Å². The molecule has 1 aromatic heterocycles. The van der Waals surface area contributed by atoms with Crippen LogP contribution < -0.4 is 10.2 Å². The predicted molar refractivity (Wildman–Crippen MR) is 107 cm³/mol. The second-order valence-electron chi connectivity index (χ2n) is 7.01. The largest absolute Gasteiger partial charge is 0.370 e. The summed E-state index contributed by atoms with van der Waals surface area (Å²) in [5.41, 5.74) is 3.67. The molecule has 0 amide bonds. The van der Waals surface area contributed by atoms with Gasteiger partial charge in [-0.05, 0) is 56.0 Å². The molecule has 27 heavy (non-hydrogen) atoms. The monoisotopic (exact) mass is 362 g/mol. The Labute approximate surface area is 159 Å². The van der Waals surface area contributed by atoms with Gasteiger partial charge in [0.15, 0.2) is 0 Å². The number of hydrogen-bond donors (Lipinski definition) is 1. The van der Waals surface area contributed by atoms with Gasteiger partial charge in [0.1, 0.15) is 23.3 Å². The van der Waals surface area contributed by atoms with Crippen LogP contribution in [0.1, 0.15) is 23.9 Å². The van der Waals surface area contributed by atoms with E-state index in [-0.39, 0.29) is 5.82 Å². The molecule has 138 valence electrons. The van der Waals surface area contributed by atoms with Gasteiger partial charge in [-0.1, -0.05) is 30.3 Å². The molecule has 0 spiro atoms. The summed E-state index contributed by atoms with van der Waals surface area (Å²) >= 11 is 0. The summed E-state index contributed by atoms with van der Waals surface area (Å²) in [6.07, 6.45) is 1.83. The van der Waals surface area contributed by atoms with Crippen molar-refractivity contribution in [2.24, 2.45) is 0 Å². The maximum atomic E-state index is 13.0. The molecule has 0 bridgehead atoms. The molecular formula is C22H23FN4. The van der Waals surface area contributed by atoms with E-state index < -0.39 is 0 Å². The number of aryl methyl sites for hydroxylation is 1. The zero-order chi connectivity index (χ0) is 18.8. The molecule has 3 aromatic rings. The predicted octanol–water partition coefficient (Wildman–Crippen LogP) is 4.66. The fraction of sp³-hybridized carbons (Fsp3) is 0.273. The van der Waals surface area contributed by atoms with Crippen molar-refractivity contribution in [1.29, 1.82) is 0 Å². The van der Waals surface area contributed by atoms with Crippen LogP contribution in [-0.2, 0) is 12.8 Å². The molecule has 1 aliphatic rings. The highest BCUT2D eigenvalue weighted by atomic mass is 19.1. The number of nitrogens with zero attached hydrogens (tertiary/aromatic N) is 3. The van der Waals surface area contributed by atoms with Crippen LogP contribution in [0.2, 0.25) is 0 Å². The number of nitrogens with one attached hydrogen (secondary N) is 1. The van der Waals surface area contributed by atoms with Crippen LogP contribution in [0, 0.1) is 12.7 Å². The van der Waals surface area contributed by atoms with Crippen LogP contribution in [0.4, 0.5) is 21.7 Å². The van der Waals surface area contributed by atoms with Crippen molar-refractivity contribution in [3.05, 3.63) is 77.4 Å². The minimum Gasteiger partial charge on any atom is -0.370 e. The Bertz CT molecular complexity index is 939. The standard InChI is InChI=1S/C22H23FN4/c1-15-13-18-5-3-4-6-20(18)27(15)22-14-21(25-16(2)26-22)24-12-11-17-7-9-19(23)10-8-17/h3-10,14-15H,11-13H2,1-2H3,(H,24,25,26). The molecule has 0 aliphatic carbocycles. The number of fused-ring (bicyclic) bond motifs is 1. The summed E-state index contributed by atoms with van der Waals surface area (Å²) in [7, 11) is 0. The van der Waals surface area contributed by atoms with Crippen molar-refractivity contribution in [3.8, 4) is 0 Å². The van der Waals surface area contributed by atoms with Crippen LogP contribution in [-0.4, -0.2) is 22.6 Å². The maximum Gasteiger partial charge on any atom is 0.139 e. The molecule has 1 unspecified atom stereocenters. The molecule has 2 aromatic carbocycles. The molecule has 2 heterocycles. The van der Waals surface area contributed by atoms with E-state index in [0.717, 1.165) is 42.4 Å². The Kier molecular flexibility index (Phi) is 4.75. The van der Waals surface area contributed by atoms with E-state index >= 15 is 0 Å². The maximum absolute atomic E-state index is 13.0. The number of hydrogen-bond acceptors (Lipinski definition) is 4. The third kappa shape index (κ3) is 3.77. The van der Waals surface area contributed by atoms with Gasteiger partial charge in [-0.3, -0.25) is 0 Å². The van der Waals surface area contributed by atoms with E-state index in [1.54, 1.807) is 0 Å². The number of anilines is 3. The van der Waals surface area contributed by atoms with Crippen LogP contribution in [0.15, 0.2) is 54.6 Å². The van der Waals surface area contributed by atoms with Gasteiger partial charge in [0.2, 0.25) is 0 Å². The lowest BCUT2D eigenvalue weighted by Crippen LogP contribution is -2.25. The van der Waals surface area contributed by atoms with Crippen LogP contribution >= 0.6 is 0 Å². The van der Waals surface area contributed by atoms with Gasteiger partial charge in [-0.25, -0.2) is 14.4 Å². The number of halogens is 1. The SMILES string of the molecule is Cc1nc(NCCc2ccc(F)cc2)cc(N2c3ccccc3CC2C)n1. The van der Waals surface area contributed by atoms with Crippen LogP contribution in [0.25, 0.3) is 0 Å². The molecule has 4 rings (SSSR count). The molecule has 1 N–H and O–H groups in total. The van der Waals surface area contributed by atoms with E-state index in [0.29, 0.717) is 6.04 Å². The number of rotatable bonds is 5. The summed E-state index contributed by atoms with van der Waals surface area (Å²) in [6.45, 7) is 4.87. The highest BCUT2D eigenvalue weighted by molar-refractivity contribution is 5.70. The van der Waals surface area contributed by atoms with E-state index in [1.807, 2.05) is 25.1 Å². The van der Waals surface area contributed by atoms with Gasteiger partial charge in [-0.2, -0.15) is 0 Å². The number of para-hydroxylation sites is 1. The van der Waals surface area contributed by atoms with Gasteiger partial charge in [0, 0.05) is 24.3 Å². The van der Waals surface area contributed by atoms with E-state index in [1.165, 1.54) is 23.4 Å². The lowest BCUT2D eigenvalue weighted by molar-refractivity contribution is 0.627. The van der Waals surface area contributed by atoms with Gasteiger partial charge >= 0.3 is 0 Å². The minimum absolute atomic E-state index is 0.206. The molecule has 0 saturated carbocycles. The minimum atomic E-state index is -0.206. The van der Waals surface area contributed by atoms with Gasteiger partial charge in [0.05, 0.1) is 0 Å². The molecule has 0 radical (unpaired) electrons. The third-order valence-electron chi connectivity index (χ3n) is 4.91.